The van der Waals surface area contributed by atoms with Gasteiger partial charge in [0.15, 0.2) is 29.8 Å². The number of nitrogens with zero attached hydrogens (tertiary/aromatic N) is 4. The van der Waals surface area contributed by atoms with E-state index in [1.807, 2.05) is 6.07 Å². The van der Waals surface area contributed by atoms with Crippen LogP contribution in [0.15, 0.2) is 52.4 Å². The lowest BCUT2D eigenvalue weighted by atomic mass is 10.0. The van der Waals surface area contributed by atoms with Crippen LogP contribution in [0.4, 0.5) is 18.3 Å². The summed E-state index contributed by atoms with van der Waals surface area (Å²) in [6, 6.07) is 4.32. The maximum absolute atomic E-state index is 13.3. The number of thiazole rings is 1. The number of thioether (sulfide) groups is 1. The predicted molar refractivity (Wildman–Crippen MR) is 143 cm³/mol. The first-order chi connectivity index (χ1) is 20.0. The lowest BCUT2D eigenvalue weighted by Gasteiger charge is -2.49. The molecule has 4 heterocycles. The molecular formula is C25H24F3N6O6S2+. The number of hydrogen-bond donors (Lipinski definition) is 3. The van der Waals surface area contributed by atoms with Gasteiger partial charge in [-0.2, -0.15) is 13.2 Å². The zero-order valence-corrected chi connectivity index (χ0v) is 23.3. The van der Waals surface area contributed by atoms with Crippen molar-refractivity contribution < 1.29 is 46.9 Å². The van der Waals surface area contributed by atoms with Crippen LogP contribution in [0.5, 0.6) is 0 Å². The fraction of sp³-hybridized carbons (Fsp3) is 0.400. The van der Waals surface area contributed by atoms with E-state index < -0.39 is 52.1 Å². The number of fused-ring (bicyclic) bond motifs is 1. The van der Waals surface area contributed by atoms with Crippen LogP contribution >= 0.6 is 23.1 Å². The minimum Gasteiger partial charge on any atom is -0.477 e. The van der Waals surface area contributed by atoms with Crippen LogP contribution in [0.2, 0.25) is 0 Å². The highest BCUT2D eigenvalue weighted by Gasteiger charge is 2.55. The smallest absolute Gasteiger partial charge is 0.471 e. The van der Waals surface area contributed by atoms with Gasteiger partial charge in [-0.15, -0.1) is 23.1 Å². The standard InChI is InChI=1S/C25H23F3N6O6S2/c26-25(27,28)23(39)31-24-29-15(12-42-24)16(32-40-14-6-2-3-7-14)19(35)30-17-20(36)34-18(22(37)38)13(11-41-21(17)34)10-33-8-4-1-5-9-33/h1,4-5,8-9,12,14,17,21H,2-3,6-7,10-11H2,(H2-,29,30,31,35,37,38,39)/p+1/b32-16-/t17?,21-/m1/s1. The highest BCUT2D eigenvalue weighted by molar-refractivity contribution is 8.00. The molecule has 1 aliphatic carbocycles. The Morgan fingerprint density at radius 1 is 1.19 bits per heavy atom. The van der Waals surface area contributed by atoms with E-state index in [-0.39, 0.29) is 24.0 Å². The topological polar surface area (TPSA) is 154 Å². The third-order valence-corrected chi connectivity index (χ3v) is 8.82. The number of β-lactam (4-membered cyclic amide) rings is 1. The number of carboxylic acid groups (broad SMARTS) is 1. The molecule has 42 heavy (non-hydrogen) atoms. The molecule has 2 fully saturated rings. The summed E-state index contributed by atoms with van der Waals surface area (Å²) >= 11 is 1.93. The summed E-state index contributed by atoms with van der Waals surface area (Å²) in [7, 11) is 0. The minimum absolute atomic E-state index is 0.145. The molecule has 2 aliphatic heterocycles. The summed E-state index contributed by atoms with van der Waals surface area (Å²) in [5.74, 6) is -4.73. The second-order valence-corrected chi connectivity index (χ2v) is 11.6. The summed E-state index contributed by atoms with van der Waals surface area (Å²) in [6.45, 7) is 0.259. The average molecular weight is 626 g/mol. The summed E-state index contributed by atoms with van der Waals surface area (Å²) < 4.78 is 39.8. The van der Waals surface area contributed by atoms with Crippen molar-refractivity contribution in [3.63, 3.8) is 0 Å². The number of pyridine rings is 1. The lowest BCUT2D eigenvalue weighted by molar-refractivity contribution is -0.689. The number of anilines is 1. The number of alkyl halides is 3. The van der Waals surface area contributed by atoms with Crippen LogP contribution in [-0.4, -0.2) is 73.8 Å². The molecule has 0 aromatic carbocycles. The van der Waals surface area contributed by atoms with E-state index in [1.165, 1.54) is 17.1 Å². The molecule has 0 spiro atoms. The fourth-order valence-corrected chi connectivity index (χ4v) is 6.73. The number of carbonyl (C=O) groups excluding carboxylic acids is 3. The molecule has 2 aromatic heterocycles. The van der Waals surface area contributed by atoms with E-state index in [1.54, 1.807) is 34.4 Å². The molecule has 5 rings (SSSR count). The molecule has 0 radical (unpaired) electrons. The maximum Gasteiger partial charge on any atom is 0.471 e. The van der Waals surface area contributed by atoms with Gasteiger partial charge in [0.05, 0.1) is 0 Å². The van der Waals surface area contributed by atoms with Gasteiger partial charge < -0.3 is 15.3 Å². The van der Waals surface area contributed by atoms with Crippen molar-refractivity contribution in [2.24, 2.45) is 5.16 Å². The molecule has 12 nitrogen and oxygen atoms in total. The Morgan fingerprint density at radius 2 is 1.90 bits per heavy atom. The zero-order valence-electron chi connectivity index (χ0n) is 21.7. The number of halogens is 3. The largest absolute Gasteiger partial charge is 0.477 e. The number of rotatable bonds is 9. The van der Waals surface area contributed by atoms with Crippen molar-refractivity contribution in [3.05, 3.63) is 52.9 Å². The number of hydrogen-bond acceptors (Lipinski definition) is 9. The molecule has 17 heteroatoms. The Hall–Kier alpha value is -3.99. The van der Waals surface area contributed by atoms with Gasteiger partial charge in [-0.25, -0.2) is 14.3 Å². The molecule has 1 saturated heterocycles. The number of carboxylic acids is 1. The molecular weight excluding hydrogens is 601 g/mol. The molecule has 2 aromatic rings. The molecule has 3 amide bonds. The monoisotopic (exact) mass is 625 g/mol. The molecule has 222 valence electrons. The van der Waals surface area contributed by atoms with Gasteiger partial charge >= 0.3 is 18.1 Å². The maximum atomic E-state index is 13.3. The number of nitrogens with one attached hydrogen (secondary N) is 2. The second-order valence-electron chi connectivity index (χ2n) is 9.61. The molecule has 2 atom stereocenters. The summed E-state index contributed by atoms with van der Waals surface area (Å²) in [5.41, 5.74) is -0.177. The normalized spacial score (nSPS) is 21.1. The second kappa shape index (κ2) is 12.1. The van der Waals surface area contributed by atoms with E-state index in [0.29, 0.717) is 35.5 Å². The van der Waals surface area contributed by atoms with Crippen LogP contribution in [0.1, 0.15) is 31.4 Å². The molecule has 3 N–H and O–H groups in total. The van der Waals surface area contributed by atoms with Gasteiger partial charge in [0.25, 0.3) is 11.8 Å². The number of aromatic nitrogens is 2. The highest BCUT2D eigenvalue weighted by atomic mass is 32.2. The number of carbonyl (C=O) groups is 4. The van der Waals surface area contributed by atoms with E-state index in [4.69, 9.17) is 4.84 Å². The first-order valence-electron chi connectivity index (χ1n) is 12.8. The number of oxime groups is 1. The van der Waals surface area contributed by atoms with Crippen LogP contribution in [-0.2, 0) is 30.6 Å². The summed E-state index contributed by atoms with van der Waals surface area (Å²) in [6.07, 6.45) is 1.35. The fourth-order valence-electron chi connectivity index (χ4n) is 4.71. The Balaban J connectivity index is 1.34. The number of amides is 3. The van der Waals surface area contributed by atoms with Crippen molar-refractivity contribution in [1.82, 2.24) is 15.2 Å². The molecule has 3 aliphatic rings. The summed E-state index contributed by atoms with van der Waals surface area (Å²) in [5, 5.41) is 18.1. The third-order valence-electron chi connectivity index (χ3n) is 6.72. The van der Waals surface area contributed by atoms with E-state index in [2.05, 4.69) is 15.5 Å². The minimum atomic E-state index is -5.14. The van der Waals surface area contributed by atoms with E-state index in [9.17, 15) is 37.5 Å². The van der Waals surface area contributed by atoms with Gasteiger partial charge in [0.1, 0.15) is 28.9 Å². The summed E-state index contributed by atoms with van der Waals surface area (Å²) in [4.78, 5) is 60.5. The first-order valence-corrected chi connectivity index (χ1v) is 14.7. The van der Waals surface area contributed by atoms with Gasteiger partial charge in [-0.05, 0) is 25.7 Å². The van der Waals surface area contributed by atoms with Crippen molar-refractivity contribution in [1.29, 1.82) is 0 Å². The van der Waals surface area contributed by atoms with Crippen LogP contribution < -0.4 is 15.2 Å². The molecule has 1 unspecified atom stereocenters. The Kier molecular flexibility index (Phi) is 8.49. The van der Waals surface area contributed by atoms with Crippen LogP contribution in [0, 0.1) is 0 Å². The van der Waals surface area contributed by atoms with Gasteiger partial charge in [-0.1, -0.05) is 11.2 Å². The predicted octanol–water partition coefficient (Wildman–Crippen LogP) is 2.03. The molecule has 1 saturated carbocycles. The van der Waals surface area contributed by atoms with Crippen LogP contribution in [0.25, 0.3) is 0 Å². The van der Waals surface area contributed by atoms with Crippen molar-refractivity contribution in [2.45, 2.75) is 55.9 Å². The first kappa shape index (κ1) is 29.5. The average Bonchev–Trinajstić information content (AvgIpc) is 3.64. The SMILES string of the molecule is O=C(O)C1=C(C[n+]2ccccc2)CS[C@@H]2C(NC(=O)/C(=N\OC3CCCC3)c3csc(NC(=O)C(F)(F)F)n3)C(=O)N12. The van der Waals surface area contributed by atoms with Gasteiger partial charge in [0.2, 0.25) is 0 Å². The van der Waals surface area contributed by atoms with E-state index >= 15 is 0 Å². The highest BCUT2D eigenvalue weighted by Crippen LogP contribution is 2.40. The van der Waals surface area contributed by atoms with Gasteiger partial charge in [0, 0.05) is 28.8 Å². The zero-order chi connectivity index (χ0) is 30.0. The van der Waals surface area contributed by atoms with Crippen LogP contribution in [0.3, 0.4) is 0 Å². The third kappa shape index (κ3) is 6.25. The van der Waals surface area contributed by atoms with Crippen molar-refractivity contribution in [2.75, 3.05) is 11.1 Å². The Labute approximate surface area is 244 Å². The van der Waals surface area contributed by atoms with Crippen molar-refractivity contribution >= 4 is 57.6 Å². The van der Waals surface area contributed by atoms with Gasteiger partial charge in [-0.3, -0.25) is 24.6 Å². The Morgan fingerprint density at radius 3 is 2.57 bits per heavy atom. The van der Waals surface area contributed by atoms with E-state index in [0.717, 1.165) is 17.7 Å². The lowest BCUT2D eigenvalue weighted by Crippen LogP contribution is -2.71. The Bertz CT molecular complexity index is 1460. The quantitative estimate of drug-likeness (QED) is 0.166. The molecule has 0 bridgehead atoms. The van der Waals surface area contributed by atoms with Crippen molar-refractivity contribution in [3.8, 4) is 0 Å². The number of aliphatic carboxylic acids is 1.